The predicted molar refractivity (Wildman–Crippen MR) is 91.8 cm³/mol. The Labute approximate surface area is 152 Å². The highest BCUT2D eigenvalue weighted by Crippen LogP contribution is 2.23. The summed E-state index contributed by atoms with van der Waals surface area (Å²) in [5.41, 5.74) is 0. The molecule has 9 nitrogen and oxygen atoms in total. The summed E-state index contributed by atoms with van der Waals surface area (Å²) >= 11 is 0. The maximum atomic E-state index is 12.2. The molecule has 0 aromatic carbocycles. The third kappa shape index (κ3) is 4.59. The minimum Gasteiger partial charge on any atom is -0.335 e. The van der Waals surface area contributed by atoms with E-state index in [9.17, 15) is 24.0 Å². The molecule has 1 saturated heterocycles. The fraction of sp³-hybridized carbons (Fsp3) is 0.706. The standard InChI is InChI=1S/C17H26N4O5/c1-10(2)8-20-14(23)15(24)21(17(20)26)9-13(22)19-16(25)18-12-7-5-4-6-11(12)3/h10-12H,4-9H2,1-3H3,(H2,18,19,22,25)/t11-,12-/m0/s1. The average molecular weight is 366 g/mol. The molecular weight excluding hydrogens is 340 g/mol. The van der Waals surface area contributed by atoms with Gasteiger partial charge in [-0.05, 0) is 24.7 Å². The molecule has 1 aliphatic heterocycles. The minimum atomic E-state index is -1.05. The lowest BCUT2D eigenvalue weighted by Crippen LogP contribution is -2.50. The molecule has 1 saturated carbocycles. The van der Waals surface area contributed by atoms with Gasteiger partial charge >= 0.3 is 23.9 Å². The Kier molecular flexibility index (Phi) is 6.33. The van der Waals surface area contributed by atoms with Gasteiger partial charge in [-0.25, -0.2) is 14.5 Å². The largest absolute Gasteiger partial charge is 0.335 e. The van der Waals surface area contributed by atoms with E-state index in [-0.39, 0.29) is 18.5 Å². The lowest BCUT2D eigenvalue weighted by atomic mass is 9.86. The van der Waals surface area contributed by atoms with E-state index in [0.717, 1.165) is 30.6 Å². The van der Waals surface area contributed by atoms with E-state index in [4.69, 9.17) is 0 Å². The summed E-state index contributed by atoms with van der Waals surface area (Å²) in [4.78, 5) is 61.3. The smallest absolute Gasteiger partial charge is 0.334 e. The maximum absolute atomic E-state index is 12.2. The molecule has 0 spiro atoms. The van der Waals surface area contributed by atoms with Gasteiger partial charge in [0.05, 0.1) is 0 Å². The molecule has 26 heavy (non-hydrogen) atoms. The van der Waals surface area contributed by atoms with Crippen LogP contribution in [0.3, 0.4) is 0 Å². The summed E-state index contributed by atoms with van der Waals surface area (Å²) in [6.07, 6.45) is 4.02. The van der Waals surface area contributed by atoms with Crippen LogP contribution >= 0.6 is 0 Å². The molecule has 1 aliphatic carbocycles. The second-order valence-corrected chi connectivity index (χ2v) is 7.37. The van der Waals surface area contributed by atoms with Gasteiger partial charge in [0.25, 0.3) is 0 Å². The zero-order chi connectivity index (χ0) is 19.4. The van der Waals surface area contributed by atoms with E-state index in [1.54, 1.807) is 13.8 Å². The number of imide groups is 3. The lowest BCUT2D eigenvalue weighted by molar-refractivity contribution is -0.144. The number of hydrogen-bond acceptors (Lipinski definition) is 5. The minimum absolute atomic E-state index is 0.00490. The molecule has 1 heterocycles. The molecule has 0 bridgehead atoms. The zero-order valence-electron chi connectivity index (χ0n) is 15.4. The van der Waals surface area contributed by atoms with Crippen LogP contribution in [-0.2, 0) is 14.4 Å². The van der Waals surface area contributed by atoms with Gasteiger partial charge in [-0.3, -0.25) is 24.6 Å². The van der Waals surface area contributed by atoms with Crippen LogP contribution in [0.15, 0.2) is 0 Å². The highest BCUT2D eigenvalue weighted by atomic mass is 16.2. The molecule has 0 unspecified atom stereocenters. The Morgan fingerprint density at radius 3 is 2.31 bits per heavy atom. The summed E-state index contributed by atoms with van der Waals surface area (Å²) in [6.45, 7) is 5.09. The number of urea groups is 2. The van der Waals surface area contributed by atoms with Crippen LogP contribution < -0.4 is 10.6 Å². The van der Waals surface area contributed by atoms with Crippen molar-refractivity contribution in [1.82, 2.24) is 20.4 Å². The number of amides is 7. The predicted octanol–water partition coefficient (Wildman–Crippen LogP) is 0.838. The van der Waals surface area contributed by atoms with Crippen molar-refractivity contribution >= 4 is 29.8 Å². The van der Waals surface area contributed by atoms with Gasteiger partial charge in [0.15, 0.2) is 0 Å². The molecule has 2 fully saturated rings. The Morgan fingerprint density at radius 2 is 1.69 bits per heavy atom. The summed E-state index contributed by atoms with van der Waals surface area (Å²) in [7, 11) is 0. The summed E-state index contributed by atoms with van der Waals surface area (Å²) < 4.78 is 0. The Morgan fingerprint density at radius 1 is 1.08 bits per heavy atom. The van der Waals surface area contributed by atoms with Crippen LogP contribution in [0.2, 0.25) is 0 Å². The van der Waals surface area contributed by atoms with E-state index in [1.807, 2.05) is 6.92 Å². The Balaban J connectivity index is 1.88. The second-order valence-electron chi connectivity index (χ2n) is 7.37. The van der Waals surface area contributed by atoms with Crippen molar-refractivity contribution in [3.8, 4) is 0 Å². The van der Waals surface area contributed by atoms with Crippen molar-refractivity contribution in [3.05, 3.63) is 0 Å². The van der Waals surface area contributed by atoms with E-state index in [2.05, 4.69) is 10.6 Å². The third-order valence-corrected chi connectivity index (χ3v) is 4.67. The first-order chi connectivity index (χ1) is 12.2. The first-order valence-corrected chi connectivity index (χ1v) is 8.98. The first kappa shape index (κ1) is 19.9. The summed E-state index contributed by atoms with van der Waals surface area (Å²) in [6, 6.07) is -1.49. The zero-order valence-corrected chi connectivity index (χ0v) is 15.4. The molecule has 2 N–H and O–H groups in total. The Hall–Kier alpha value is -2.45. The van der Waals surface area contributed by atoms with Crippen LogP contribution in [0.25, 0.3) is 0 Å². The first-order valence-electron chi connectivity index (χ1n) is 8.98. The lowest BCUT2D eigenvalue weighted by Gasteiger charge is -2.29. The summed E-state index contributed by atoms with van der Waals surface area (Å²) in [5, 5.41) is 4.88. The van der Waals surface area contributed by atoms with Crippen LogP contribution in [0.4, 0.5) is 9.59 Å². The van der Waals surface area contributed by atoms with Gasteiger partial charge in [0.1, 0.15) is 6.54 Å². The van der Waals surface area contributed by atoms with Gasteiger partial charge in [-0.1, -0.05) is 33.6 Å². The number of rotatable bonds is 5. The van der Waals surface area contributed by atoms with Crippen molar-refractivity contribution in [2.45, 2.75) is 52.5 Å². The van der Waals surface area contributed by atoms with Crippen molar-refractivity contribution in [2.24, 2.45) is 11.8 Å². The molecule has 7 amide bonds. The van der Waals surface area contributed by atoms with Crippen LogP contribution in [0.1, 0.15) is 46.5 Å². The molecular formula is C17H26N4O5. The molecule has 2 aliphatic rings. The van der Waals surface area contributed by atoms with Crippen molar-refractivity contribution in [2.75, 3.05) is 13.1 Å². The van der Waals surface area contributed by atoms with Gasteiger partial charge in [0, 0.05) is 12.6 Å². The number of nitrogens with one attached hydrogen (secondary N) is 2. The summed E-state index contributed by atoms with van der Waals surface area (Å²) in [5.74, 6) is -2.49. The fourth-order valence-corrected chi connectivity index (χ4v) is 3.26. The van der Waals surface area contributed by atoms with Gasteiger partial charge in [-0.15, -0.1) is 0 Å². The fourth-order valence-electron chi connectivity index (χ4n) is 3.26. The van der Waals surface area contributed by atoms with E-state index < -0.39 is 36.3 Å². The monoisotopic (exact) mass is 366 g/mol. The van der Waals surface area contributed by atoms with E-state index in [1.165, 1.54) is 0 Å². The topological polar surface area (TPSA) is 116 Å². The van der Waals surface area contributed by atoms with Gasteiger partial charge in [-0.2, -0.15) is 0 Å². The van der Waals surface area contributed by atoms with Crippen molar-refractivity contribution < 1.29 is 24.0 Å². The number of hydrogen-bond donors (Lipinski definition) is 2. The quantitative estimate of drug-likeness (QED) is 0.552. The number of nitrogens with zero attached hydrogens (tertiary/aromatic N) is 2. The van der Waals surface area contributed by atoms with E-state index >= 15 is 0 Å². The normalized spacial score (nSPS) is 23.6. The molecule has 0 radical (unpaired) electrons. The van der Waals surface area contributed by atoms with Crippen molar-refractivity contribution in [3.63, 3.8) is 0 Å². The molecule has 0 aromatic rings. The number of carbonyl (C=O) groups excluding carboxylic acids is 5. The third-order valence-electron chi connectivity index (χ3n) is 4.67. The SMILES string of the molecule is CC(C)CN1C(=O)C(=O)N(CC(=O)NC(=O)N[C@H]2CCCC[C@@H]2C)C1=O. The highest BCUT2D eigenvalue weighted by Gasteiger charge is 2.45. The molecule has 2 rings (SSSR count). The second kappa shape index (κ2) is 8.29. The molecule has 2 atom stereocenters. The van der Waals surface area contributed by atoms with Crippen LogP contribution in [-0.4, -0.2) is 58.7 Å². The molecule has 9 heteroatoms. The average Bonchev–Trinajstić information content (AvgIpc) is 2.74. The van der Waals surface area contributed by atoms with Crippen LogP contribution in [0.5, 0.6) is 0 Å². The maximum Gasteiger partial charge on any atom is 0.334 e. The van der Waals surface area contributed by atoms with Crippen molar-refractivity contribution in [1.29, 1.82) is 0 Å². The van der Waals surface area contributed by atoms with Gasteiger partial charge in [0.2, 0.25) is 5.91 Å². The van der Waals surface area contributed by atoms with E-state index in [0.29, 0.717) is 10.8 Å². The van der Waals surface area contributed by atoms with Crippen LogP contribution in [0, 0.1) is 11.8 Å². The molecule has 144 valence electrons. The highest BCUT2D eigenvalue weighted by molar-refractivity contribution is 6.45. The number of carbonyl (C=O) groups is 5. The Bertz CT molecular complexity index is 618. The molecule has 0 aromatic heterocycles. The van der Waals surface area contributed by atoms with Gasteiger partial charge < -0.3 is 5.32 Å².